The van der Waals surface area contributed by atoms with E-state index in [-0.39, 0.29) is 12.2 Å². The quantitative estimate of drug-likeness (QED) is 0.637. The van der Waals surface area contributed by atoms with Crippen molar-refractivity contribution in [2.45, 2.75) is 32.7 Å². The Hall–Kier alpha value is -0.880. The summed E-state index contributed by atoms with van der Waals surface area (Å²) in [4.78, 5) is 10.7. The molecule has 0 radical (unpaired) electrons. The van der Waals surface area contributed by atoms with E-state index in [1.807, 2.05) is 0 Å². The van der Waals surface area contributed by atoms with Crippen LogP contribution >= 0.6 is 0 Å². The molecule has 0 rings (SSSR count). The van der Waals surface area contributed by atoms with Crippen molar-refractivity contribution in [2.24, 2.45) is 0 Å². The fourth-order valence-corrected chi connectivity index (χ4v) is 2.49. The van der Waals surface area contributed by atoms with Crippen molar-refractivity contribution in [1.82, 2.24) is 4.72 Å². The van der Waals surface area contributed by atoms with Crippen LogP contribution in [0.3, 0.4) is 0 Å². The SMILES string of the molecule is C=C(C)CS(=O)(=O)NC(CCC)C(=O)O. The van der Waals surface area contributed by atoms with Gasteiger partial charge in [-0.1, -0.05) is 25.5 Å². The highest BCUT2D eigenvalue weighted by molar-refractivity contribution is 7.89. The third-order valence-electron chi connectivity index (χ3n) is 1.63. The second-order valence-corrected chi connectivity index (χ2v) is 5.27. The van der Waals surface area contributed by atoms with Gasteiger partial charge in [0.1, 0.15) is 6.04 Å². The summed E-state index contributed by atoms with van der Waals surface area (Å²) in [6.45, 7) is 6.84. The van der Waals surface area contributed by atoms with Gasteiger partial charge in [0.2, 0.25) is 10.0 Å². The number of rotatable bonds is 7. The Morgan fingerprint density at radius 3 is 2.40 bits per heavy atom. The number of aliphatic carboxylic acids is 1. The van der Waals surface area contributed by atoms with Gasteiger partial charge in [0.05, 0.1) is 5.75 Å². The third kappa shape index (κ3) is 6.24. The van der Waals surface area contributed by atoms with Gasteiger partial charge in [-0.2, -0.15) is 0 Å². The number of hydrogen-bond acceptors (Lipinski definition) is 3. The van der Waals surface area contributed by atoms with Crippen LogP contribution in [0.1, 0.15) is 26.7 Å². The van der Waals surface area contributed by atoms with Gasteiger partial charge in [0.25, 0.3) is 0 Å². The largest absolute Gasteiger partial charge is 0.480 e. The van der Waals surface area contributed by atoms with Crippen LogP contribution in [-0.4, -0.2) is 31.3 Å². The number of hydrogen-bond donors (Lipinski definition) is 2. The summed E-state index contributed by atoms with van der Waals surface area (Å²) in [5.74, 6) is -1.39. The van der Waals surface area contributed by atoms with Crippen molar-refractivity contribution in [2.75, 3.05) is 5.75 Å². The predicted molar refractivity (Wildman–Crippen MR) is 58.1 cm³/mol. The van der Waals surface area contributed by atoms with Crippen LogP contribution in [0.2, 0.25) is 0 Å². The Balaban J connectivity index is 4.52. The summed E-state index contributed by atoms with van der Waals surface area (Å²) in [5.41, 5.74) is 0.475. The second-order valence-electron chi connectivity index (χ2n) is 3.51. The van der Waals surface area contributed by atoms with E-state index in [1.165, 1.54) is 0 Å². The minimum atomic E-state index is -3.58. The Bertz CT molecular complexity index is 334. The van der Waals surface area contributed by atoms with Crippen LogP contribution in [0.4, 0.5) is 0 Å². The normalized spacial score (nSPS) is 13.5. The number of carboxylic acid groups (broad SMARTS) is 1. The van der Waals surface area contributed by atoms with Crippen molar-refractivity contribution in [3.05, 3.63) is 12.2 Å². The first-order chi connectivity index (χ1) is 6.78. The minimum absolute atomic E-state index is 0.236. The molecule has 0 aromatic carbocycles. The fourth-order valence-electron chi connectivity index (χ4n) is 1.10. The maximum absolute atomic E-state index is 11.4. The van der Waals surface area contributed by atoms with E-state index in [9.17, 15) is 13.2 Å². The maximum atomic E-state index is 11.4. The average molecular weight is 235 g/mol. The fraction of sp³-hybridized carbons (Fsp3) is 0.667. The summed E-state index contributed by atoms with van der Waals surface area (Å²) >= 11 is 0. The molecule has 15 heavy (non-hydrogen) atoms. The Morgan fingerprint density at radius 1 is 1.53 bits per heavy atom. The molecule has 5 nitrogen and oxygen atoms in total. The van der Waals surface area contributed by atoms with Crippen LogP contribution in [0.5, 0.6) is 0 Å². The lowest BCUT2D eigenvalue weighted by atomic mass is 10.2. The molecule has 0 aliphatic heterocycles. The third-order valence-corrected chi connectivity index (χ3v) is 3.15. The van der Waals surface area contributed by atoms with Gasteiger partial charge in [0.15, 0.2) is 0 Å². The van der Waals surface area contributed by atoms with E-state index in [0.717, 1.165) is 0 Å². The molecular weight excluding hydrogens is 218 g/mol. The molecule has 2 N–H and O–H groups in total. The molecule has 0 heterocycles. The highest BCUT2D eigenvalue weighted by atomic mass is 32.2. The minimum Gasteiger partial charge on any atom is -0.480 e. The molecule has 88 valence electrons. The van der Waals surface area contributed by atoms with Crippen molar-refractivity contribution < 1.29 is 18.3 Å². The second kappa shape index (κ2) is 5.87. The summed E-state index contributed by atoms with van der Waals surface area (Å²) in [6, 6.07) is -1.04. The number of sulfonamides is 1. The van der Waals surface area contributed by atoms with E-state index in [1.54, 1.807) is 13.8 Å². The standard InChI is InChI=1S/C9H17NO4S/c1-4-5-8(9(11)12)10-15(13,14)6-7(2)3/h8,10H,2,4-6H2,1,3H3,(H,11,12). The lowest BCUT2D eigenvalue weighted by Gasteiger charge is -2.13. The molecule has 0 bridgehead atoms. The lowest BCUT2D eigenvalue weighted by molar-refractivity contribution is -0.139. The Labute approximate surface area is 90.2 Å². The van der Waals surface area contributed by atoms with Crippen LogP contribution in [-0.2, 0) is 14.8 Å². The molecule has 0 aromatic heterocycles. The molecule has 0 saturated heterocycles. The molecule has 0 fully saturated rings. The number of carbonyl (C=O) groups is 1. The molecule has 0 aromatic rings. The molecule has 1 unspecified atom stereocenters. The van der Waals surface area contributed by atoms with Crippen molar-refractivity contribution >= 4 is 16.0 Å². The zero-order chi connectivity index (χ0) is 12.1. The zero-order valence-corrected chi connectivity index (χ0v) is 9.80. The Morgan fingerprint density at radius 2 is 2.07 bits per heavy atom. The van der Waals surface area contributed by atoms with Crippen molar-refractivity contribution in [3.8, 4) is 0 Å². The van der Waals surface area contributed by atoms with Gasteiger partial charge in [-0.15, -0.1) is 0 Å². The molecule has 6 heteroatoms. The van der Waals surface area contributed by atoms with Gasteiger partial charge in [0, 0.05) is 0 Å². The summed E-state index contributed by atoms with van der Waals surface area (Å²) in [5, 5.41) is 8.75. The molecule has 0 aliphatic carbocycles. The molecule has 0 amide bonds. The molecule has 0 aliphatic rings. The van der Waals surface area contributed by atoms with Gasteiger partial charge >= 0.3 is 5.97 Å². The number of carboxylic acids is 1. The molecular formula is C9H17NO4S. The monoisotopic (exact) mass is 235 g/mol. The number of nitrogens with one attached hydrogen (secondary N) is 1. The van der Waals surface area contributed by atoms with Gasteiger partial charge in [-0.3, -0.25) is 4.79 Å². The highest BCUT2D eigenvalue weighted by Gasteiger charge is 2.22. The van der Waals surface area contributed by atoms with E-state index in [0.29, 0.717) is 12.0 Å². The predicted octanol–water partition coefficient (Wildman–Crippen LogP) is 0.735. The average Bonchev–Trinajstić information content (AvgIpc) is 2.00. The smallest absolute Gasteiger partial charge is 0.321 e. The highest BCUT2D eigenvalue weighted by Crippen LogP contribution is 2.02. The van der Waals surface area contributed by atoms with Gasteiger partial charge in [-0.05, 0) is 13.3 Å². The van der Waals surface area contributed by atoms with Crippen molar-refractivity contribution in [1.29, 1.82) is 0 Å². The maximum Gasteiger partial charge on any atom is 0.321 e. The van der Waals surface area contributed by atoms with Gasteiger partial charge < -0.3 is 5.11 Å². The summed E-state index contributed by atoms with van der Waals surface area (Å²) < 4.78 is 24.9. The van der Waals surface area contributed by atoms with Crippen molar-refractivity contribution in [3.63, 3.8) is 0 Å². The molecule has 0 spiro atoms. The van der Waals surface area contributed by atoms with E-state index >= 15 is 0 Å². The van der Waals surface area contributed by atoms with E-state index in [2.05, 4.69) is 11.3 Å². The Kier molecular flexibility index (Phi) is 5.53. The summed E-state index contributed by atoms with van der Waals surface area (Å²) in [6.07, 6.45) is 0.886. The van der Waals surface area contributed by atoms with Crippen LogP contribution in [0.25, 0.3) is 0 Å². The molecule has 0 saturated carbocycles. The van der Waals surface area contributed by atoms with E-state index in [4.69, 9.17) is 5.11 Å². The zero-order valence-electron chi connectivity index (χ0n) is 8.99. The lowest BCUT2D eigenvalue weighted by Crippen LogP contribution is -2.41. The van der Waals surface area contributed by atoms with E-state index < -0.39 is 22.0 Å². The molecule has 1 atom stereocenters. The van der Waals surface area contributed by atoms with Crippen LogP contribution in [0.15, 0.2) is 12.2 Å². The van der Waals surface area contributed by atoms with Gasteiger partial charge in [-0.25, -0.2) is 13.1 Å². The summed E-state index contributed by atoms with van der Waals surface area (Å²) in [7, 11) is -3.58. The van der Waals surface area contributed by atoms with Crippen LogP contribution in [0, 0.1) is 0 Å². The first kappa shape index (κ1) is 14.1. The topological polar surface area (TPSA) is 83.5 Å². The first-order valence-corrected chi connectivity index (χ1v) is 6.31. The van der Waals surface area contributed by atoms with Crippen LogP contribution < -0.4 is 4.72 Å². The first-order valence-electron chi connectivity index (χ1n) is 4.65.